The highest BCUT2D eigenvalue weighted by Crippen LogP contribution is 2.09. The summed E-state index contributed by atoms with van der Waals surface area (Å²) in [5.41, 5.74) is 8.17. The maximum atomic E-state index is 4.96. The van der Waals surface area contributed by atoms with Gasteiger partial charge in [0.15, 0.2) is 0 Å². The molecule has 0 aromatic heterocycles. The molecule has 0 unspecified atom stereocenters. The largest absolute Gasteiger partial charge is 0.379 e. The number of rotatable bonds is 2. The first kappa shape index (κ1) is 7.11. The summed E-state index contributed by atoms with van der Waals surface area (Å²) in [6.45, 7) is 2.67. The van der Waals surface area contributed by atoms with Gasteiger partial charge in [0.05, 0.1) is 6.61 Å². The second-order valence-electron chi connectivity index (χ2n) is 2.20. The van der Waals surface area contributed by atoms with Gasteiger partial charge < -0.3 is 4.74 Å². The van der Waals surface area contributed by atoms with Crippen LogP contribution in [0.3, 0.4) is 0 Å². The van der Waals surface area contributed by atoms with E-state index in [1.807, 2.05) is 19.1 Å². The van der Waals surface area contributed by atoms with Crippen LogP contribution in [0.15, 0.2) is 34.8 Å². The molecule has 0 radical (unpaired) electrons. The molecule has 0 N–H and O–H groups in total. The molecule has 1 aliphatic rings. The van der Waals surface area contributed by atoms with Crippen molar-refractivity contribution in [2.75, 3.05) is 13.7 Å². The molecule has 10 heavy (non-hydrogen) atoms. The van der Waals surface area contributed by atoms with Crippen LogP contribution in [0, 0.1) is 0 Å². The predicted octanol–water partition coefficient (Wildman–Crippen LogP) is 1.83. The van der Waals surface area contributed by atoms with Crippen LogP contribution in [0.5, 0.6) is 0 Å². The first-order valence-electron chi connectivity index (χ1n) is 3.21. The van der Waals surface area contributed by atoms with Crippen LogP contribution in [0.25, 0.3) is 0 Å². The fourth-order valence-corrected chi connectivity index (χ4v) is 0.789. The van der Waals surface area contributed by atoms with Crippen molar-refractivity contribution in [2.24, 2.45) is 0 Å². The molecule has 0 aromatic rings. The molecule has 52 valence electrons. The summed E-state index contributed by atoms with van der Waals surface area (Å²) in [7, 11) is 1.68. The summed E-state index contributed by atoms with van der Waals surface area (Å²) < 4.78 is 4.96. The molecule has 1 nitrogen and oxygen atoms in total. The lowest BCUT2D eigenvalue weighted by atomic mass is 10.1. The van der Waals surface area contributed by atoms with Crippen LogP contribution in [0.4, 0.5) is 0 Å². The lowest BCUT2D eigenvalue weighted by Crippen LogP contribution is -1.95. The topological polar surface area (TPSA) is 9.23 Å². The molecule has 0 atom stereocenters. The molecular formula is C9H10O. The van der Waals surface area contributed by atoms with E-state index in [4.69, 9.17) is 4.74 Å². The first-order chi connectivity index (χ1) is 4.84. The Balaban J connectivity index is 2.82. The second-order valence-corrected chi connectivity index (χ2v) is 2.20. The molecule has 1 heteroatoms. The van der Waals surface area contributed by atoms with Crippen molar-refractivity contribution >= 4 is 0 Å². The predicted molar refractivity (Wildman–Crippen MR) is 40.7 cm³/mol. The molecule has 1 rings (SSSR count). The third-order valence-corrected chi connectivity index (χ3v) is 1.40. The zero-order chi connectivity index (χ0) is 7.40. The van der Waals surface area contributed by atoms with Crippen molar-refractivity contribution in [3.63, 3.8) is 0 Å². The number of methoxy groups -OCH3 is 1. The summed E-state index contributed by atoms with van der Waals surface area (Å²) in [5.74, 6) is 0. The highest BCUT2D eigenvalue weighted by Gasteiger charge is 1.98. The zero-order valence-corrected chi connectivity index (χ0v) is 6.27. The molecule has 0 saturated heterocycles. The quantitative estimate of drug-likeness (QED) is 0.523. The Morgan fingerprint density at radius 3 is 3.00 bits per heavy atom. The van der Waals surface area contributed by atoms with E-state index in [1.54, 1.807) is 7.11 Å². The molecule has 0 aliphatic heterocycles. The monoisotopic (exact) mass is 134 g/mol. The molecule has 0 spiro atoms. The third-order valence-electron chi connectivity index (χ3n) is 1.40. The number of hydrogen-bond donors (Lipinski definition) is 0. The van der Waals surface area contributed by atoms with Gasteiger partial charge in [0.1, 0.15) is 0 Å². The van der Waals surface area contributed by atoms with Gasteiger partial charge in [-0.25, -0.2) is 0 Å². The summed E-state index contributed by atoms with van der Waals surface area (Å²) in [4.78, 5) is 0. The first-order valence-corrected chi connectivity index (χ1v) is 3.21. The Morgan fingerprint density at radius 2 is 2.40 bits per heavy atom. The average Bonchev–Trinajstić information content (AvgIpc) is 1.94. The summed E-state index contributed by atoms with van der Waals surface area (Å²) in [6, 6.07) is 0. The molecule has 0 bridgehead atoms. The summed E-state index contributed by atoms with van der Waals surface area (Å²) in [6.07, 6.45) is 3.86. The van der Waals surface area contributed by atoms with Crippen molar-refractivity contribution in [1.82, 2.24) is 0 Å². The van der Waals surface area contributed by atoms with Crippen molar-refractivity contribution in [1.29, 1.82) is 0 Å². The second kappa shape index (κ2) is 3.24. The fourth-order valence-electron chi connectivity index (χ4n) is 0.789. The van der Waals surface area contributed by atoms with Gasteiger partial charge in [-0.1, -0.05) is 11.5 Å². The van der Waals surface area contributed by atoms with Crippen molar-refractivity contribution < 1.29 is 4.74 Å². The third kappa shape index (κ3) is 1.49. The minimum Gasteiger partial charge on any atom is -0.379 e. The van der Waals surface area contributed by atoms with Crippen LogP contribution >= 0.6 is 0 Å². The average molecular weight is 134 g/mol. The number of allylic oxidation sites excluding steroid dienone is 2. The van der Waals surface area contributed by atoms with Crippen LogP contribution in [0.2, 0.25) is 0 Å². The Hall–Kier alpha value is -1.00. The van der Waals surface area contributed by atoms with E-state index in [9.17, 15) is 0 Å². The lowest BCUT2D eigenvalue weighted by Gasteiger charge is -2.02. The Bertz CT molecular complexity index is 246. The van der Waals surface area contributed by atoms with Gasteiger partial charge in [0.25, 0.3) is 0 Å². The maximum Gasteiger partial charge on any atom is 0.0794 e. The number of hydrogen-bond acceptors (Lipinski definition) is 1. The van der Waals surface area contributed by atoms with Crippen LogP contribution in [-0.2, 0) is 4.74 Å². The van der Waals surface area contributed by atoms with Gasteiger partial charge in [0.2, 0.25) is 0 Å². The highest BCUT2D eigenvalue weighted by atomic mass is 16.5. The molecular weight excluding hydrogens is 124 g/mol. The molecule has 0 amide bonds. The molecule has 1 aliphatic carbocycles. The van der Waals surface area contributed by atoms with E-state index in [-0.39, 0.29) is 0 Å². The maximum absolute atomic E-state index is 4.96. The molecule has 0 aromatic carbocycles. The van der Waals surface area contributed by atoms with Crippen LogP contribution in [-0.4, -0.2) is 13.7 Å². The van der Waals surface area contributed by atoms with Gasteiger partial charge in [0, 0.05) is 12.7 Å². The minimum absolute atomic E-state index is 0.628. The Morgan fingerprint density at radius 1 is 1.60 bits per heavy atom. The standard InChI is InChI=1S/C9H10O/c1-8-5-3-4-6-9(8)7-10-2/h3,5H,7H2,1-2H3. The molecule has 0 heterocycles. The van der Waals surface area contributed by atoms with Gasteiger partial charge in [-0.3, -0.25) is 0 Å². The van der Waals surface area contributed by atoms with E-state index in [0.29, 0.717) is 6.61 Å². The Labute approximate surface area is 61.0 Å². The van der Waals surface area contributed by atoms with E-state index >= 15 is 0 Å². The SMILES string of the molecule is COCC1=C=C=CC=C1C. The fraction of sp³-hybridized carbons (Fsp3) is 0.333. The molecule has 0 saturated carbocycles. The van der Waals surface area contributed by atoms with Gasteiger partial charge >= 0.3 is 0 Å². The van der Waals surface area contributed by atoms with E-state index in [1.165, 1.54) is 5.57 Å². The smallest absolute Gasteiger partial charge is 0.0794 e. The molecule has 0 fully saturated rings. The van der Waals surface area contributed by atoms with Gasteiger partial charge in [-0.2, -0.15) is 0 Å². The van der Waals surface area contributed by atoms with E-state index in [2.05, 4.69) is 11.5 Å². The van der Waals surface area contributed by atoms with Crippen molar-refractivity contribution in [3.8, 4) is 0 Å². The van der Waals surface area contributed by atoms with Crippen LogP contribution in [0.1, 0.15) is 6.92 Å². The minimum atomic E-state index is 0.628. The zero-order valence-electron chi connectivity index (χ0n) is 6.27. The summed E-state index contributed by atoms with van der Waals surface area (Å²) in [5, 5.41) is 0. The lowest BCUT2D eigenvalue weighted by molar-refractivity contribution is 0.227. The van der Waals surface area contributed by atoms with E-state index in [0.717, 1.165) is 5.57 Å². The van der Waals surface area contributed by atoms with Gasteiger partial charge in [-0.05, 0) is 24.6 Å². The van der Waals surface area contributed by atoms with Crippen LogP contribution < -0.4 is 0 Å². The van der Waals surface area contributed by atoms with Crippen molar-refractivity contribution in [2.45, 2.75) is 6.92 Å². The van der Waals surface area contributed by atoms with Crippen molar-refractivity contribution in [3.05, 3.63) is 34.8 Å². The normalized spacial score (nSPS) is 15.0. The van der Waals surface area contributed by atoms with E-state index < -0.39 is 0 Å². The number of ether oxygens (including phenoxy) is 1. The Kier molecular flexibility index (Phi) is 2.30. The summed E-state index contributed by atoms with van der Waals surface area (Å²) >= 11 is 0. The highest BCUT2D eigenvalue weighted by molar-refractivity contribution is 5.34. The van der Waals surface area contributed by atoms with Gasteiger partial charge in [-0.15, -0.1) is 0 Å².